The third-order valence-electron chi connectivity index (χ3n) is 12.0. The first-order valence-electron chi connectivity index (χ1n) is 22.1. The molecule has 0 aliphatic heterocycles. The van der Waals surface area contributed by atoms with E-state index in [1.807, 2.05) is 0 Å². The predicted octanol–water partition coefficient (Wildman–Crippen LogP) is 15.9. The number of alkyl halides is 16. The van der Waals surface area contributed by atoms with Crippen molar-refractivity contribution in [2.75, 3.05) is 7.11 Å². The molecule has 26 heteroatoms. The number of hydrogen-bond acceptors (Lipinski definition) is 8. The maximum absolute atomic E-state index is 15.1. The van der Waals surface area contributed by atoms with Crippen LogP contribution >= 0.6 is 0 Å². The highest BCUT2D eigenvalue weighted by Gasteiger charge is 2.74. The molecular formula is C53H34F16O9S. The van der Waals surface area contributed by atoms with Crippen LogP contribution in [0.25, 0.3) is 0 Å². The Morgan fingerprint density at radius 3 is 0.949 bits per heavy atom. The van der Waals surface area contributed by atoms with Gasteiger partial charge in [0.25, 0.3) is 0 Å². The van der Waals surface area contributed by atoms with Crippen molar-refractivity contribution in [1.29, 1.82) is 0 Å². The number of rotatable bonds is 17. The van der Waals surface area contributed by atoms with Gasteiger partial charge in [-0.1, -0.05) is 66.2 Å². The normalized spacial score (nSPS) is 13.2. The molecule has 0 fully saturated rings. The van der Waals surface area contributed by atoms with Gasteiger partial charge in [-0.15, -0.1) is 0 Å². The fourth-order valence-corrected chi connectivity index (χ4v) is 8.50. The Bertz CT molecular complexity index is 3370. The Hall–Kier alpha value is -8.00. The van der Waals surface area contributed by atoms with Gasteiger partial charge in [-0.3, -0.25) is 9.35 Å². The van der Waals surface area contributed by atoms with Crippen molar-refractivity contribution in [3.8, 4) is 46.0 Å². The molecule has 0 amide bonds. The van der Waals surface area contributed by atoms with Crippen LogP contribution in [0.4, 0.5) is 70.2 Å². The largest absolute Gasteiger partial charge is 0.497 e. The number of halogens is 16. The van der Waals surface area contributed by atoms with E-state index in [9.17, 15) is 57.1 Å². The lowest BCUT2D eigenvalue weighted by Gasteiger charge is -2.38. The van der Waals surface area contributed by atoms with Crippen LogP contribution in [0.1, 0.15) is 43.7 Å². The summed E-state index contributed by atoms with van der Waals surface area (Å²) in [7, 11) is -5.52. The van der Waals surface area contributed by atoms with Crippen LogP contribution in [0.15, 0.2) is 164 Å². The molecule has 9 nitrogen and oxygen atoms in total. The summed E-state index contributed by atoms with van der Waals surface area (Å²) in [6.07, 6.45) is -30.6. The van der Waals surface area contributed by atoms with E-state index in [2.05, 4.69) is 4.74 Å². The number of benzene rings is 7. The van der Waals surface area contributed by atoms with Crippen LogP contribution in [-0.4, -0.2) is 61.9 Å². The van der Waals surface area contributed by atoms with Gasteiger partial charge in [0.1, 0.15) is 46.0 Å². The summed E-state index contributed by atoms with van der Waals surface area (Å²) in [4.78, 5) is 12.9. The molecule has 7 aromatic carbocycles. The molecule has 0 aliphatic rings. The Morgan fingerprint density at radius 1 is 0.392 bits per heavy atom. The summed E-state index contributed by atoms with van der Waals surface area (Å²) in [6.45, 7) is 1.39. The summed E-state index contributed by atoms with van der Waals surface area (Å²) in [5.74, 6) is -4.93. The standard InChI is InChI=1S/C53H34F16O9S/c1-30-3-9-33(10-4-30)46(48(54,55)56,49(57,58)59)34-13-23-40(24-14-34)76-42-27-43(29-44(28-42)78-52(66,67)53(68,69)79(71,72)73)77-41-25-15-36(16-26-41)47(50(60,61)62,51(63,64)65)35-11-21-39(22-12-35)75-38-19-7-32(8-20-38)45(70)31-5-17-37(74-2)18-6-31/h3-29H,1-2H3,(H,71,72,73). The van der Waals surface area contributed by atoms with Gasteiger partial charge in [0.05, 0.1) is 7.11 Å². The topological polar surface area (TPSA) is 118 Å². The van der Waals surface area contributed by atoms with Crippen molar-refractivity contribution in [1.82, 2.24) is 0 Å². The summed E-state index contributed by atoms with van der Waals surface area (Å²) in [5.41, 5.74) is -14.2. The first-order chi connectivity index (χ1) is 36.6. The van der Waals surface area contributed by atoms with E-state index in [0.29, 0.717) is 95.7 Å². The maximum atomic E-state index is 15.1. The maximum Gasteiger partial charge on any atom is 0.483 e. The van der Waals surface area contributed by atoms with E-state index >= 15 is 26.3 Å². The van der Waals surface area contributed by atoms with Crippen LogP contribution in [-0.2, 0) is 20.9 Å². The highest BCUT2D eigenvalue weighted by atomic mass is 32.2. The fraction of sp³-hybridized carbons (Fsp3) is 0.189. The van der Waals surface area contributed by atoms with Gasteiger partial charge in [-0.2, -0.15) is 78.7 Å². The van der Waals surface area contributed by atoms with Gasteiger partial charge in [0.2, 0.25) is 10.8 Å². The van der Waals surface area contributed by atoms with Gasteiger partial charge in [0.15, 0.2) is 5.78 Å². The van der Waals surface area contributed by atoms with Gasteiger partial charge in [-0.05, 0) is 114 Å². The summed E-state index contributed by atoms with van der Waals surface area (Å²) in [5, 5.41) is -6.39. The number of ketones is 1. The molecule has 0 unspecified atom stereocenters. The number of aryl methyl sites for hydroxylation is 1. The molecule has 0 bridgehead atoms. The Kier molecular flexibility index (Phi) is 15.6. The van der Waals surface area contributed by atoms with E-state index < -0.39 is 114 Å². The zero-order valence-corrected chi connectivity index (χ0v) is 40.6. The summed E-state index contributed by atoms with van der Waals surface area (Å²) >= 11 is 0. The molecule has 1 N–H and O–H groups in total. The lowest BCUT2D eigenvalue weighted by molar-refractivity contribution is -0.290. The monoisotopic (exact) mass is 1150 g/mol. The molecule has 79 heavy (non-hydrogen) atoms. The third-order valence-corrected chi connectivity index (χ3v) is 12.9. The smallest absolute Gasteiger partial charge is 0.483 e. The first-order valence-corrected chi connectivity index (χ1v) is 23.5. The molecular weight excluding hydrogens is 1120 g/mol. The van der Waals surface area contributed by atoms with E-state index in [0.717, 1.165) is 24.3 Å². The third kappa shape index (κ3) is 11.3. The fourth-order valence-electron chi connectivity index (χ4n) is 8.16. The second-order valence-corrected chi connectivity index (χ2v) is 18.5. The number of hydrogen-bond donors (Lipinski definition) is 1. The van der Waals surface area contributed by atoms with Crippen molar-refractivity contribution >= 4 is 15.9 Å². The highest BCUT2D eigenvalue weighted by Crippen LogP contribution is 2.58. The van der Waals surface area contributed by atoms with Crippen molar-refractivity contribution in [2.45, 2.75) is 53.8 Å². The highest BCUT2D eigenvalue weighted by molar-refractivity contribution is 7.87. The molecule has 0 aliphatic carbocycles. The molecule has 0 saturated heterocycles. The zero-order chi connectivity index (χ0) is 58.4. The van der Waals surface area contributed by atoms with E-state index in [-0.39, 0.29) is 29.2 Å². The quantitative estimate of drug-likeness (QED) is 0.0540. The van der Waals surface area contributed by atoms with Gasteiger partial charge < -0.3 is 23.7 Å². The minimum atomic E-state index is -6.95. The Balaban J connectivity index is 1.20. The predicted molar refractivity (Wildman–Crippen MR) is 248 cm³/mol. The molecule has 418 valence electrons. The summed E-state index contributed by atoms with van der Waals surface area (Å²) in [6, 6.07) is 21.8. The molecule has 0 heterocycles. The lowest BCUT2D eigenvalue weighted by Crippen LogP contribution is -2.54. The molecule has 0 spiro atoms. The average molecular weight is 1150 g/mol. The molecule has 7 aromatic rings. The van der Waals surface area contributed by atoms with Gasteiger partial charge in [0, 0.05) is 29.3 Å². The molecule has 0 radical (unpaired) electrons. The van der Waals surface area contributed by atoms with Crippen LogP contribution in [0.5, 0.6) is 46.0 Å². The average Bonchev–Trinajstić information content (AvgIpc) is 3.52. The van der Waals surface area contributed by atoms with E-state index in [4.69, 9.17) is 23.5 Å². The second-order valence-electron chi connectivity index (χ2n) is 17.1. The van der Waals surface area contributed by atoms with E-state index in [1.165, 1.54) is 50.4 Å². The Labute approximate surface area is 436 Å². The van der Waals surface area contributed by atoms with Crippen molar-refractivity contribution in [3.05, 3.63) is 203 Å². The Morgan fingerprint density at radius 2 is 0.658 bits per heavy atom. The van der Waals surface area contributed by atoms with Crippen LogP contribution in [0, 0.1) is 6.92 Å². The molecule has 7 rings (SSSR count). The minimum absolute atomic E-state index is 0.0289. The van der Waals surface area contributed by atoms with E-state index in [1.54, 1.807) is 12.1 Å². The molecule has 0 saturated carbocycles. The van der Waals surface area contributed by atoms with Crippen molar-refractivity contribution < 1.29 is 112 Å². The zero-order valence-electron chi connectivity index (χ0n) is 39.8. The number of carbonyl (C=O) groups excluding carboxylic acids is 1. The van der Waals surface area contributed by atoms with Crippen molar-refractivity contribution in [2.24, 2.45) is 0 Å². The molecule has 0 aromatic heterocycles. The lowest BCUT2D eigenvalue weighted by atomic mass is 9.72. The number of ether oxygens (including phenoxy) is 5. The number of carbonyl (C=O) groups is 1. The molecule has 0 atom stereocenters. The van der Waals surface area contributed by atoms with Gasteiger partial charge in [-0.25, -0.2) is 0 Å². The summed E-state index contributed by atoms with van der Waals surface area (Å²) < 4.78 is 294. The van der Waals surface area contributed by atoms with Crippen LogP contribution < -0.4 is 23.7 Å². The van der Waals surface area contributed by atoms with Crippen LogP contribution in [0.2, 0.25) is 0 Å². The second kappa shape index (κ2) is 21.0. The minimum Gasteiger partial charge on any atom is -0.497 e. The van der Waals surface area contributed by atoms with Crippen LogP contribution in [0.3, 0.4) is 0 Å². The first kappa shape index (κ1) is 58.7. The van der Waals surface area contributed by atoms with Gasteiger partial charge >= 0.3 is 46.2 Å². The van der Waals surface area contributed by atoms with Crippen molar-refractivity contribution in [3.63, 3.8) is 0 Å². The SMILES string of the molecule is COc1ccc(C(=O)c2ccc(Oc3ccc(C(c4ccc(Oc5cc(Oc6ccc(C(c7ccc(C)cc7)(C(F)(F)F)C(F)(F)F)cc6)cc(OC(F)(F)C(F)(F)S(=O)(=O)O)c5)cc4)(C(F)(F)F)C(F)(F)F)cc3)cc2)cc1. The number of methoxy groups -OCH3 is 1.